The van der Waals surface area contributed by atoms with Crippen LogP contribution in [0.3, 0.4) is 0 Å². The van der Waals surface area contributed by atoms with Crippen molar-refractivity contribution >= 4 is 28.6 Å². The molecule has 56 heavy (non-hydrogen) atoms. The van der Waals surface area contributed by atoms with E-state index in [0.717, 1.165) is 42.6 Å². The molecule has 13 heteroatoms. The number of phenolic OH excluding ortho intramolecular Hbond substituents is 1. The van der Waals surface area contributed by atoms with E-state index >= 15 is 0 Å². The summed E-state index contributed by atoms with van der Waals surface area (Å²) in [4.78, 5) is 44.5. The van der Waals surface area contributed by atoms with Gasteiger partial charge in [0.2, 0.25) is 5.56 Å². The summed E-state index contributed by atoms with van der Waals surface area (Å²) in [5.41, 5.74) is 3.43. The van der Waals surface area contributed by atoms with Crippen LogP contribution in [0.15, 0.2) is 102 Å². The number of aromatic nitrogens is 1. The molecule has 4 aromatic carbocycles. The SMILES string of the molecule is CCOc1cc(NC(=O)COc2cccc([C@H](c3ccccc3)N(C(=O)O)[C@H]3CN4CCC3CC4)c2)ccc1CNC[C@H](O)c1ccc(O)c2[nH]c(=O)ccc12. The number of aliphatic hydroxyl groups excluding tert-OH is 1. The molecule has 3 aliphatic heterocycles. The van der Waals surface area contributed by atoms with E-state index in [0.29, 0.717) is 53.8 Å². The maximum atomic E-state index is 13.1. The Kier molecular flexibility index (Phi) is 11.8. The number of carbonyl (C=O) groups excluding carboxylic acids is 1. The van der Waals surface area contributed by atoms with Crippen molar-refractivity contribution in [1.29, 1.82) is 0 Å². The highest BCUT2D eigenvalue weighted by atomic mass is 16.5. The van der Waals surface area contributed by atoms with E-state index < -0.39 is 18.2 Å². The number of pyridine rings is 1. The summed E-state index contributed by atoms with van der Waals surface area (Å²) in [6.07, 6.45) is 0.0749. The van der Waals surface area contributed by atoms with E-state index in [4.69, 9.17) is 9.47 Å². The lowest BCUT2D eigenvalue weighted by atomic mass is 9.81. The Hall–Kier alpha value is -5.89. The fraction of sp³-hybridized carbons (Fsp3) is 0.326. The molecule has 1 aromatic heterocycles. The Morgan fingerprint density at radius 1 is 0.946 bits per heavy atom. The van der Waals surface area contributed by atoms with E-state index in [1.807, 2.05) is 61.5 Å². The van der Waals surface area contributed by atoms with Crippen molar-refractivity contribution < 1.29 is 34.4 Å². The van der Waals surface area contributed by atoms with Crippen LogP contribution in [-0.4, -0.2) is 87.5 Å². The molecule has 4 heterocycles. The number of rotatable bonds is 15. The van der Waals surface area contributed by atoms with Crippen LogP contribution in [0.25, 0.3) is 10.9 Å². The van der Waals surface area contributed by atoms with Crippen molar-refractivity contribution in [3.63, 3.8) is 0 Å². The predicted octanol–water partition coefficient (Wildman–Crippen LogP) is 5.64. The molecule has 3 saturated heterocycles. The van der Waals surface area contributed by atoms with Gasteiger partial charge in [0.05, 0.1) is 30.3 Å². The van der Waals surface area contributed by atoms with E-state index in [1.54, 1.807) is 35.2 Å². The quantitative estimate of drug-likeness (QED) is 0.0784. The lowest BCUT2D eigenvalue weighted by Crippen LogP contribution is -2.59. The molecular formula is C43H47N5O8. The number of hydrogen-bond acceptors (Lipinski definition) is 9. The van der Waals surface area contributed by atoms with Gasteiger partial charge in [-0.25, -0.2) is 4.79 Å². The van der Waals surface area contributed by atoms with Gasteiger partial charge in [0.25, 0.3) is 5.91 Å². The summed E-state index contributed by atoms with van der Waals surface area (Å²) < 4.78 is 11.9. The number of fused-ring (bicyclic) bond motifs is 4. The molecule has 3 aliphatic rings. The fourth-order valence-electron chi connectivity index (χ4n) is 8.03. The third-order valence-corrected chi connectivity index (χ3v) is 10.7. The minimum absolute atomic E-state index is 0.0769. The molecule has 3 atom stereocenters. The van der Waals surface area contributed by atoms with E-state index in [-0.39, 0.29) is 41.9 Å². The van der Waals surface area contributed by atoms with Crippen LogP contribution in [-0.2, 0) is 11.3 Å². The van der Waals surface area contributed by atoms with Crippen LogP contribution in [0.1, 0.15) is 54.2 Å². The molecule has 5 aromatic rings. The molecule has 2 bridgehead atoms. The molecular weight excluding hydrogens is 714 g/mol. The second-order valence-electron chi connectivity index (χ2n) is 14.3. The highest BCUT2D eigenvalue weighted by Crippen LogP contribution is 2.39. The lowest BCUT2D eigenvalue weighted by molar-refractivity contribution is -0.118. The summed E-state index contributed by atoms with van der Waals surface area (Å²) in [6.45, 7) is 5.25. The molecule has 0 unspecified atom stereocenters. The number of aromatic amines is 1. The van der Waals surface area contributed by atoms with Crippen LogP contribution in [0.2, 0.25) is 0 Å². The molecule has 0 aliphatic carbocycles. The Labute approximate surface area is 324 Å². The van der Waals surface area contributed by atoms with Crippen molar-refractivity contribution in [2.75, 3.05) is 44.7 Å². The Morgan fingerprint density at radius 3 is 2.46 bits per heavy atom. The number of amides is 2. The number of carbonyl (C=O) groups is 2. The number of aliphatic hydroxyl groups is 1. The molecule has 0 spiro atoms. The number of aromatic hydroxyl groups is 1. The van der Waals surface area contributed by atoms with Crippen molar-refractivity contribution in [2.45, 2.75) is 44.5 Å². The van der Waals surface area contributed by atoms with Crippen molar-refractivity contribution in [1.82, 2.24) is 20.1 Å². The number of H-pyrrole nitrogens is 1. The van der Waals surface area contributed by atoms with Gasteiger partial charge in [-0.1, -0.05) is 54.6 Å². The number of ether oxygens (including phenoxy) is 2. The molecule has 6 N–H and O–H groups in total. The summed E-state index contributed by atoms with van der Waals surface area (Å²) in [5, 5.41) is 38.5. The predicted molar refractivity (Wildman–Crippen MR) is 212 cm³/mol. The van der Waals surface area contributed by atoms with Crippen molar-refractivity contribution in [2.24, 2.45) is 5.92 Å². The zero-order valence-electron chi connectivity index (χ0n) is 31.2. The normalized spacial score (nSPS) is 18.6. The van der Waals surface area contributed by atoms with E-state index in [2.05, 4.69) is 20.5 Å². The Bertz CT molecular complexity index is 2220. The van der Waals surface area contributed by atoms with Crippen LogP contribution >= 0.6 is 0 Å². The largest absolute Gasteiger partial charge is 0.506 e. The Morgan fingerprint density at radius 2 is 1.73 bits per heavy atom. The molecule has 2 amide bonds. The zero-order valence-corrected chi connectivity index (χ0v) is 31.2. The second-order valence-corrected chi connectivity index (χ2v) is 14.3. The van der Waals surface area contributed by atoms with Gasteiger partial charge in [-0.05, 0) is 85.8 Å². The van der Waals surface area contributed by atoms with E-state index in [1.165, 1.54) is 12.1 Å². The summed E-state index contributed by atoms with van der Waals surface area (Å²) in [7, 11) is 0. The summed E-state index contributed by atoms with van der Waals surface area (Å²) in [5.74, 6) is 0.858. The van der Waals surface area contributed by atoms with Gasteiger partial charge in [0, 0.05) is 48.4 Å². The van der Waals surface area contributed by atoms with Gasteiger partial charge < -0.3 is 45.3 Å². The second kappa shape index (κ2) is 17.3. The Balaban J connectivity index is 0.993. The van der Waals surface area contributed by atoms with Crippen molar-refractivity contribution in [3.05, 3.63) is 130 Å². The highest BCUT2D eigenvalue weighted by molar-refractivity contribution is 5.92. The highest BCUT2D eigenvalue weighted by Gasteiger charge is 2.43. The number of phenols is 1. The minimum Gasteiger partial charge on any atom is -0.506 e. The first kappa shape index (κ1) is 38.4. The summed E-state index contributed by atoms with van der Waals surface area (Å²) in [6, 6.07) is 27.6. The summed E-state index contributed by atoms with van der Waals surface area (Å²) >= 11 is 0. The van der Waals surface area contributed by atoms with Crippen LogP contribution in [0.5, 0.6) is 17.2 Å². The number of piperidine rings is 3. The zero-order chi connectivity index (χ0) is 39.2. The number of nitrogens with one attached hydrogen (secondary N) is 3. The number of nitrogens with zero attached hydrogens (tertiary/aromatic N) is 2. The molecule has 3 fully saturated rings. The molecule has 0 radical (unpaired) electrons. The molecule has 292 valence electrons. The standard InChI is InChI=1S/C43H47N5O8/c1-2-55-38-22-31(12-11-30(38)23-44-24-37(50)33-13-15-36(49)41-34(33)14-16-39(51)46-41)45-40(52)26-56-32-10-6-9-29(21-32)42(28-7-4-3-5-8-28)48(43(53)54)35-25-47-19-17-27(35)18-20-47/h3-16,21-22,27,35,37,42,44,49-50H,2,17-20,23-26H2,1H3,(H,45,52)(H,46,51)(H,53,54)/t35-,37-,42-/m0/s1. The molecule has 8 rings (SSSR count). The van der Waals surface area contributed by atoms with Gasteiger partial charge in [0.1, 0.15) is 17.2 Å². The van der Waals surface area contributed by atoms with Gasteiger partial charge in [-0.2, -0.15) is 0 Å². The minimum atomic E-state index is -0.962. The van der Waals surface area contributed by atoms with Gasteiger partial charge >= 0.3 is 6.09 Å². The van der Waals surface area contributed by atoms with Crippen LogP contribution < -0.4 is 25.7 Å². The van der Waals surface area contributed by atoms with Gasteiger partial charge in [0.15, 0.2) is 6.61 Å². The first-order chi connectivity index (χ1) is 27.2. The van der Waals surface area contributed by atoms with Crippen LogP contribution in [0, 0.1) is 5.92 Å². The molecule has 13 nitrogen and oxygen atoms in total. The number of benzene rings is 4. The van der Waals surface area contributed by atoms with Crippen molar-refractivity contribution in [3.8, 4) is 17.2 Å². The lowest BCUT2D eigenvalue weighted by Gasteiger charge is -2.50. The maximum absolute atomic E-state index is 13.1. The number of anilines is 1. The average Bonchev–Trinajstić information content (AvgIpc) is 3.21. The van der Waals surface area contributed by atoms with Gasteiger partial charge in [-0.3, -0.25) is 14.5 Å². The smallest absolute Gasteiger partial charge is 0.408 e. The first-order valence-corrected chi connectivity index (χ1v) is 19.0. The maximum Gasteiger partial charge on any atom is 0.408 e. The first-order valence-electron chi connectivity index (χ1n) is 19.0. The number of hydrogen-bond donors (Lipinski definition) is 6. The monoisotopic (exact) mass is 761 g/mol. The number of carboxylic acid groups (broad SMARTS) is 1. The third-order valence-electron chi connectivity index (χ3n) is 10.7. The van der Waals surface area contributed by atoms with Gasteiger partial charge in [-0.15, -0.1) is 0 Å². The van der Waals surface area contributed by atoms with E-state index in [9.17, 15) is 29.7 Å². The van der Waals surface area contributed by atoms with Crippen LogP contribution in [0.4, 0.5) is 10.5 Å². The fourth-order valence-corrected chi connectivity index (χ4v) is 8.03. The topological polar surface area (TPSA) is 177 Å². The average molecular weight is 762 g/mol. The third kappa shape index (κ3) is 8.65. The molecule has 0 saturated carbocycles.